The van der Waals surface area contributed by atoms with E-state index in [0.717, 1.165) is 36.3 Å². The molecule has 102 valence electrons. The fourth-order valence-electron chi connectivity index (χ4n) is 2.12. The highest BCUT2D eigenvalue weighted by Gasteiger charge is 2.17. The topological polar surface area (TPSA) is 44.5 Å². The highest BCUT2D eigenvalue weighted by molar-refractivity contribution is 5.47. The number of hydrogen-bond donors (Lipinski definition) is 1. The number of aryl methyl sites for hydroxylation is 1. The molecule has 0 saturated carbocycles. The van der Waals surface area contributed by atoms with Gasteiger partial charge in [0.1, 0.15) is 11.5 Å². The van der Waals surface area contributed by atoms with Crippen LogP contribution in [0.4, 0.5) is 0 Å². The Morgan fingerprint density at radius 3 is 2.00 bits per heavy atom. The lowest BCUT2D eigenvalue weighted by Crippen LogP contribution is -2.34. The molecule has 0 heterocycles. The molecular formula is C15H25NO2. The SMILES string of the molecule is CCCc1cc(OC)c(CC(C)(C)N)cc1OC. The molecular weight excluding hydrogens is 226 g/mol. The van der Waals surface area contributed by atoms with Crippen LogP contribution in [0.5, 0.6) is 11.5 Å². The first kappa shape index (κ1) is 14.8. The van der Waals surface area contributed by atoms with E-state index in [4.69, 9.17) is 15.2 Å². The summed E-state index contributed by atoms with van der Waals surface area (Å²) in [5.41, 5.74) is 8.11. The smallest absolute Gasteiger partial charge is 0.122 e. The highest BCUT2D eigenvalue weighted by atomic mass is 16.5. The number of nitrogens with two attached hydrogens (primary N) is 1. The lowest BCUT2D eigenvalue weighted by Gasteiger charge is -2.21. The highest BCUT2D eigenvalue weighted by Crippen LogP contribution is 2.31. The predicted octanol–water partition coefficient (Wildman–Crippen LogP) is 2.94. The first-order valence-corrected chi connectivity index (χ1v) is 6.44. The van der Waals surface area contributed by atoms with Gasteiger partial charge in [-0.25, -0.2) is 0 Å². The molecule has 1 rings (SSSR count). The largest absolute Gasteiger partial charge is 0.496 e. The van der Waals surface area contributed by atoms with Crippen LogP contribution in [0.15, 0.2) is 12.1 Å². The van der Waals surface area contributed by atoms with Gasteiger partial charge in [-0.1, -0.05) is 13.3 Å². The van der Waals surface area contributed by atoms with E-state index >= 15 is 0 Å². The van der Waals surface area contributed by atoms with Crippen molar-refractivity contribution in [3.63, 3.8) is 0 Å². The summed E-state index contributed by atoms with van der Waals surface area (Å²) in [6, 6.07) is 4.13. The Hall–Kier alpha value is -1.22. The van der Waals surface area contributed by atoms with Crippen LogP contribution in [0.1, 0.15) is 38.3 Å². The van der Waals surface area contributed by atoms with E-state index < -0.39 is 0 Å². The van der Waals surface area contributed by atoms with E-state index in [9.17, 15) is 0 Å². The maximum Gasteiger partial charge on any atom is 0.122 e. The van der Waals surface area contributed by atoms with Gasteiger partial charge < -0.3 is 15.2 Å². The predicted molar refractivity (Wildman–Crippen MR) is 75.5 cm³/mol. The quantitative estimate of drug-likeness (QED) is 0.845. The molecule has 1 aromatic carbocycles. The molecule has 0 atom stereocenters. The second-order valence-corrected chi connectivity index (χ2v) is 5.39. The van der Waals surface area contributed by atoms with Crippen molar-refractivity contribution in [2.45, 2.75) is 45.6 Å². The molecule has 0 radical (unpaired) electrons. The Kier molecular flexibility index (Phi) is 5.03. The van der Waals surface area contributed by atoms with Crippen molar-refractivity contribution in [1.29, 1.82) is 0 Å². The van der Waals surface area contributed by atoms with Crippen LogP contribution in [-0.4, -0.2) is 19.8 Å². The van der Waals surface area contributed by atoms with Gasteiger partial charge in [-0.15, -0.1) is 0 Å². The minimum atomic E-state index is -0.259. The fraction of sp³-hybridized carbons (Fsp3) is 0.600. The van der Waals surface area contributed by atoms with Crippen LogP contribution in [0.25, 0.3) is 0 Å². The van der Waals surface area contributed by atoms with Crippen molar-refractivity contribution in [2.75, 3.05) is 14.2 Å². The third-order valence-corrected chi connectivity index (χ3v) is 2.85. The lowest BCUT2D eigenvalue weighted by molar-refractivity contribution is 0.389. The number of benzene rings is 1. The van der Waals surface area contributed by atoms with E-state index in [-0.39, 0.29) is 5.54 Å². The van der Waals surface area contributed by atoms with Crippen molar-refractivity contribution in [2.24, 2.45) is 5.73 Å². The van der Waals surface area contributed by atoms with Crippen LogP contribution in [0, 0.1) is 0 Å². The Labute approximate surface area is 110 Å². The molecule has 0 aliphatic carbocycles. The van der Waals surface area contributed by atoms with E-state index in [1.54, 1.807) is 14.2 Å². The molecule has 18 heavy (non-hydrogen) atoms. The van der Waals surface area contributed by atoms with Gasteiger partial charge in [-0.05, 0) is 49.9 Å². The number of hydrogen-bond acceptors (Lipinski definition) is 3. The minimum Gasteiger partial charge on any atom is -0.496 e. The zero-order chi connectivity index (χ0) is 13.8. The minimum absolute atomic E-state index is 0.259. The summed E-state index contributed by atoms with van der Waals surface area (Å²) in [6.45, 7) is 6.18. The van der Waals surface area contributed by atoms with Gasteiger partial charge in [0, 0.05) is 5.54 Å². The van der Waals surface area contributed by atoms with Crippen molar-refractivity contribution in [3.8, 4) is 11.5 Å². The zero-order valence-electron chi connectivity index (χ0n) is 12.2. The Bertz CT molecular complexity index is 394. The normalized spacial score (nSPS) is 11.4. The van der Waals surface area contributed by atoms with Gasteiger partial charge in [-0.2, -0.15) is 0 Å². The van der Waals surface area contributed by atoms with E-state index in [0.29, 0.717) is 0 Å². The van der Waals surface area contributed by atoms with E-state index in [1.165, 1.54) is 5.56 Å². The monoisotopic (exact) mass is 251 g/mol. The molecule has 0 spiro atoms. The van der Waals surface area contributed by atoms with Crippen molar-refractivity contribution in [1.82, 2.24) is 0 Å². The summed E-state index contributed by atoms with van der Waals surface area (Å²) in [5, 5.41) is 0. The summed E-state index contributed by atoms with van der Waals surface area (Å²) < 4.78 is 10.9. The van der Waals surface area contributed by atoms with Gasteiger partial charge >= 0.3 is 0 Å². The van der Waals surface area contributed by atoms with Gasteiger partial charge in [0.15, 0.2) is 0 Å². The molecule has 0 amide bonds. The van der Waals surface area contributed by atoms with Gasteiger partial charge in [0.05, 0.1) is 14.2 Å². The Balaban J connectivity index is 3.17. The molecule has 0 unspecified atom stereocenters. The van der Waals surface area contributed by atoms with E-state index in [2.05, 4.69) is 19.1 Å². The van der Waals surface area contributed by atoms with Crippen LogP contribution < -0.4 is 15.2 Å². The molecule has 0 bridgehead atoms. The summed E-state index contributed by atoms with van der Waals surface area (Å²) in [4.78, 5) is 0. The first-order valence-electron chi connectivity index (χ1n) is 6.44. The second-order valence-electron chi connectivity index (χ2n) is 5.39. The standard InChI is InChI=1S/C15H25NO2/c1-6-7-11-8-14(18-5)12(9-13(11)17-4)10-15(2,3)16/h8-9H,6-7,10,16H2,1-5H3. The average Bonchev–Trinajstić information content (AvgIpc) is 2.28. The van der Waals surface area contributed by atoms with Crippen LogP contribution in [0.3, 0.4) is 0 Å². The van der Waals surface area contributed by atoms with Gasteiger partial charge in [-0.3, -0.25) is 0 Å². The molecule has 3 nitrogen and oxygen atoms in total. The molecule has 2 N–H and O–H groups in total. The number of rotatable bonds is 6. The summed E-state index contributed by atoms with van der Waals surface area (Å²) in [5.74, 6) is 1.83. The maximum atomic E-state index is 6.08. The fourth-order valence-corrected chi connectivity index (χ4v) is 2.12. The van der Waals surface area contributed by atoms with Crippen molar-refractivity contribution >= 4 is 0 Å². The lowest BCUT2D eigenvalue weighted by atomic mass is 9.93. The average molecular weight is 251 g/mol. The maximum absolute atomic E-state index is 6.08. The molecule has 3 heteroatoms. The van der Waals surface area contributed by atoms with Gasteiger partial charge in [0.2, 0.25) is 0 Å². The van der Waals surface area contributed by atoms with Crippen LogP contribution >= 0.6 is 0 Å². The molecule has 0 aromatic heterocycles. The zero-order valence-corrected chi connectivity index (χ0v) is 12.2. The summed E-state index contributed by atoms with van der Waals surface area (Å²) in [7, 11) is 3.41. The Morgan fingerprint density at radius 2 is 1.56 bits per heavy atom. The molecule has 0 aliphatic rings. The van der Waals surface area contributed by atoms with Crippen molar-refractivity contribution in [3.05, 3.63) is 23.3 Å². The van der Waals surface area contributed by atoms with Crippen LogP contribution in [-0.2, 0) is 12.8 Å². The number of methoxy groups -OCH3 is 2. The molecule has 0 fully saturated rings. The molecule has 0 saturated heterocycles. The molecule has 0 aliphatic heterocycles. The summed E-state index contributed by atoms with van der Waals surface area (Å²) in [6.07, 6.45) is 2.84. The summed E-state index contributed by atoms with van der Waals surface area (Å²) >= 11 is 0. The number of ether oxygens (including phenoxy) is 2. The van der Waals surface area contributed by atoms with Gasteiger partial charge in [0.25, 0.3) is 0 Å². The van der Waals surface area contributed by atoms with E-state index in [1.807, 2.05) is 13.8 Å². The second kappa shape index (κ2) is 6.10. The third kappa shape index (κ3) is 3.91. The molecule has 1 aromatic rings. The van der Waals surface area contributed by atoms with Crippen molar-refractivity contribution < 1.29 is 9.47 Å². The third-order valence-electron chi connectivity index (χ3n) is 2.85. The van der Waals surface area contributed by atoms with Crippen LogP contribution in [0.2, 0.25) is 0 Å². The Morgan fingerprint density at radius 1 is 1.06 bits per heavy atom. The first-order chi connectivity index (χ1) is 8.41.